The molecule has 1 aromatic carbocycles. The molecule has 1 aromatic rings. The van der Waals surface area contributed by atoms with Gasteiger partial charge in [-0.05, 0) is 50.7 Å². The number of imide groups is 1. The Morgan fingerprint density at radius 1 is 1.12 bits per heavy atom. The molecule has 0 aliphatic carbocycles. The summed E-state index contributed by atoms with van der Waals surface area (Å²) in [5.41, 5.74) is 0.650. The van der Waals surface area contributed by atoms with Crippen molar-refractivity contribution in [1.29, 1.82) is 0 Å². The minimum atomic E-state index is -0.618. The van der Waals surface area contributed by atoms with Gasteiger partial charge in [0.25, 0.3) is 11.1 Å². The van der Waals surface area contributed by atoms with Crippen LogP contribution in [0.3, 0.4) is 0 Å². The van der Waals surface area contributed by atoms with Gasteiger partial charge in [-0.15, -0.1) is 0 Å². The quantitative estimate of drug-likeness (QED) is 0.507. The molecule has 1 saturated heterocycles. The summed E-state index contributed by atoms with van der Waals surface area (Å²) in [6.07, 6.45) is 1.58. The van der Waals surface area contributed by atoms with Gasteiger partial charge >= 0.3 is 5.97 Å². The number of amides is 2. The van der Waals surface area contributed by atoms with Gasteiger partial charge in [0.1, 0.15) is 18.0 Å². The Balaban J connectivity index is 2.25. The van der Waals surface area contributed by atoms with E-state index in [0.717, 1.165) is 16.7 Å². The fourth-order valence-corrected chi connectivity index (χ4v) is 3.11. The molecule has 0 atom stereocenters. The molecular formula is C18H21NO6S. The van der Waals surface area contributed by atoms with Crippen LogP contribution in [0.1, 0.15) is 26.3 Å². The molecule has 2 amide bonds. The van der Waals surface area contributed by atoms with Crippen LogP contribution < -0.4 is 9.47 Å². The zero-order valence-electron chi connectivity index (χ0n) is 14.9. The molecule has 0 spiro atoms. The van der Waals surface area contributed by atoms with Gasteiger partial charge in [-0.25, -0.2) is 0 Å². The highest BCUT2D eigenvalue weighted by molar-refractivity contribution is 8.18. The van der Waals surface area contributed by atoms with E-state index in [9.17, 15) is 14.4 Å². The summed E-state index contributed by atoms with van der Waals surface area (Å²) in [6, 6.07) is 5.26. The van der Waals surface area contributed by atoms with Gasteiger partial charge in [-0.3, -0.25) is 19.3 Å². The topological polar surface area (TPSA) is 82.1 Å². The van der Waals surface area contributed by atoms with E-state index in [2.05, 4.69) is 0 Å². The smallest absolute Gasteiger partial charge is 0.326 e. The maximum Gasteiger partial charge on any atom is 0.326 e. The van der Waals surface area contributed by atoms with Gasteiger partial charge in [0.05, 0.1) is 24.7 Å². The predicted molar refractivity (Wildman–Crippen MR) is 98.1 cm³/mol. The minimum absolute atomic E-state index is 0.189. The number of rotatable bonds is 8. The maximum absolute atomic E-state index is 12.4. The van der Waals surface area contributed by atoms with Crippen LogP contribution in [-0.4, -0.2) is 48.4 Å². The van der Waals surface area contributed by atoms with E-state index in [4.69, 9.17) is 14.2 Å². The fourth-order valence-electron chi connectivity index (χ4n) is 2.28. The van der Waals surface area contributed by atoms with Crippen LogP contribution in [0, 0.1) is 0 Å². The zero-order chi connectivity index (χ0) is 19.1. The molecule has 1 aliphatic rings. The van der Waals surface area contributed by atoms with Gasteiger partial charge in [0.15, 0.2) is 0 Å². The molecule has 26 heavy (non-hydrogen) atoms. The van der Waals surface area contributed by atoms with Gasteiger partial charge in [0, 0.05) is 11.6 Å². The van der Waals surface area contributed by atoms with Crippen molar-refractivity contribution in [3.63, 3.8) is 0 Å². The van der Waals surface area contributed by atoms with E-state index in [0.29, 0.717) is 30.3 Å². The molecule has 8 heteroatoms. The zero-order valence-corrected chi connectivity index (χ0v) is 15.8. The van der Waals surface area contributed by atoms with Crippen LogP contribution >= 0.6 is 11.8 Å². The Bertz CT molecular complexity index is 730. The summed E-state index contributed by atoms with van der Waals surface area (Å²) in [7, 11) is 0. The second-order valence-corrected chi connectivity index (χ2v) is 6.13. The third-order valence-electron chi connectivity index (χ3n) is 3.35. The summed E-state index contributed by atoms with van der Waals surface area (Å²) in [5.74, 6) is 0.0654. The standard InChI is InChI=1S/C18H21NO6S/c1-4-23-13-8-7-12(14(10-13)24-5-2)9-15-17(21)19(18(22)26-15)11-16(20)25-6-3/h7-10H,4-6,11H2,1-3H3/b15-9-. The van der Waals surface area contributed by atoms with E-state index in [1.165, 1.54) is 0 Å². The Morgan fingerprint density at radius 3 is 2.50 bits per heavy atom. The molecule has 0 aromatic heterocycles. The highest BCUT2D eigenvalue weighted by Crippen LogP contribution is 2.35. The first-order valence-electron chi connectivity index (χ1n) is 8.30. The second kappa shape index (κ2) is 9.28. The summed E-state index contributed by atoms with van der Waals surface area (Å²) in [4.78, 5) is 37.2. The highest BCUT2D eigenvalue weighted by Gasteiger charge is 2.36. The number of ether oxygens (including phenoxy) is 3. The Hall–Kier alpha value is -2.48. The van der Waals surface area contributed by atoms with E-state index in [-0.39, 0.29) is 11.5 Å². The number of hydrogen-bond donors (Lipinski definition) is 0. The van der Waals surface area contributed by atoms with Gasteiger partial charge in [-0.1, -0.05) is 0 Å². The SMILES string of the molecule is CCOC(=O)CN1C(=O)S/C(=C\c2ccc(OCC)cc2OCC)C1=O. The lowest BCUT2D eigenvalue weighted by atomic mass is 10.1. The van der Waals surface area contributed by atoms with E-state index >= 15 is 0 Å². The molecule has 2 rings (SSSR count). The molecule has 1 fully saturated rings. The summed E-state index contributed by atoms with van der Waals surface area (Å²) >= 11 is 0.782. The van der Waals surface area contributed by atoms with E-state index < -0.39 is 23.7 Å². The molecule has 140 valence electrons. The molecular weight excluding hydrogens is 358 g/mol. The average molecular weight is 379 g/mol. The first kappa shape index (κ1) is 19.8. The van der Waals surface area contributed by atoms with E-state index in [1.54, 1.807) is 31.2 Å². The molecule has 1 aliphatic heterocycles. The van der Waals surface area contributed by atoms with Crippen LogP contribution in [0.5, 0.6) is 11.5 Å². The van der Waals surface area contributed by atoms with Crippen molar-refractivity contribution in [2.24, 2.45) is 0 Å². The number of carbonyl (C=O) groups is 3. The molecule has 0 radical (unpaired) electrons. The predicted octanol–water partition coefficient (Wildman–Crippen LogP) is 3.08. The lowest BCUT2D eigenvalue weighted by Gasteiger charge is -2.11. The largest absolute Gasteiger partial charge is 0.494 e. The van der Waals surface area contributed by atoms with Crippen molar-refractivity contribution >= 4 is 35.0 Å². The third kappa shape index (κ3) is 4.78. The Labute approximate surface area is 156 Å². The van der Waals surface area contributed by atoms with Crippen LogP contribution in [0.15, 0.2) is 23.1 Å². The molecule has 0 unspecified atom stereocenters. The highest BCUT2D eigenvalue weighted by atomic mass is 32.2. The third-order valence-corrected chi connectivity index (χ3v) is 4.26. The van der Waals surface area contributed by atoms with E-state index in [1.807, 2.05) is 13.8 Å². The fraction of sp³-hybridized carbons (Fsp3) is 0.389. The summed E-state index contributed by atoms with van der Waals surface area (Å²) in [5, 5.41) is -0.502. The molecule has 1 heterocycles. The van der Waals surface area contributed by atoms with Crippen molar-refractivity contribution in [1.82, 2.24) is 4.90 Å². The maximum atomic E-state index is 12.4. The van der Waals surface area contributed by atoms with Crippen LogP contribution in [0.2, 0.25) is 0 Å². The van der Waals surface area contributed by atoms with Crippen molar-refractivity contribution in [3.05, 3.63) is 28.7 Å². The first-order chi connectivity index (χ1) is 12.5. The van der Waals surface area contributed by atoms with Crippen molar-refractivity contribution < 1.29 is 28.6 Å². The number of esters is 1. The molecule has 0 saturated carbocycles. The monoisotopic (exact) mass is 379 g/mol. The number of benzene rings is 1. The first-order valence-corrected chi connectivity index (χ1v) is 9.12. The summed E-state index contributed by atoms with van der Waals surface area (Å²) in [6.45, 7) is 6.16. The average Bonchev–Trinajstić information content (AvgIpc) is 2.85. The Kier molecular flexibility index (Phi) is 7.08. The number of hydrogen-bond acceptors (Lipinski definition) is 7. The van der Waals surface area contributed by atoms with Crippen LogP contribution in [0.4, 0.5) is 4.79 Å². The second-order valence-electron chi connectivity index (χ2n) is 5.14. The van der Waals surface area contributed by atoms with Gasteiger partial charge in [-0.2, -0.15) is 0 Å². The summed E-state index contributed by atoms with van der Waals surface area (Å²) < 4.78 is 15.8. The molecule has 0 N–H and O–H groups in total. The lowest BCUT2D eigenvalue weighted by Crippen LogP contribution is -2.34. The van der Waals surface area contributed by atoms with Crippen LogP contribution in [0.25, 0.3) is 6.08 Å². The minimum Gasteiger partial charge on any atom is -0.494 e. The van der Waals surface area contributed by atoms with Gasteiger partial charge in [0.2, 0.25) is 0 Å². The molecule has 0 bridgehead atoms. The number of nitrogens with zero attached hydrogens (tertiary/aromatic N) is 1. The van der Waals surface area contributed by atoms with Crippen molar-refractivity contribution in [2.75, 3.05) is 26.4 Å². The number of thioether (sulfide) groups is 1. The molecule has 7 nitrogen and oxygen atoms in total. The van der Waals surface area contributed by atoms with Crippen molar-refractivity contribution in [2.45, 2.75) is 20.8 Å². The van der Waals surface area contributed by atoms with Crippen molar-refractivity contribution in [3.8, 4) is 11.5 Å². The van der Waals surface area contributed by atoms with Crippen LogP contribution in [-0.2, 0) is 14.3 Å². The van der Waals surface area contributed by atoms with Gasteiger partial charge < -0.3 is 14.2 Å². The number of carbonyl (C=O) groups excluding carboxylic acids is 3. The normalized spacial score (nSPS) is 15.5. The lowest BCUT2D eigenvalue weighted by molar-refractivity contribution is -0.145. The Morgan fingerprint density at radius 2 is 1.85 bits per heavy atom.